The Balaban J connectivity index is 2.94. The SMILES string of the molecule is CC(O)CC(C)Nc1cc(NN)nc(C(C)(C)C)n1. The first-order chi connectivity index (χ1) is 8.72. The Morgan fingerprint density at radius 2 is 1.84 bits per heavy atom. The number of aliphatic hydroxyl groups is 1. The van der Waals surface area contributed by atoms with Crippen molar-refractivity contribution in [3.8, 4) is 0 Å². The van der Waals surface area contributed by atoms with Crippen LogP contribution < -0.4 is 16.6 Å². The molecule has 0 aromatic carbocycles. The van der Waals surface area contributed by atoms with Crippen molar-refractivity contribution in [2.45, 2.75) is 58.6 Å². The lowest BCUT2D eigenvalue weighted by Gasteiger charge is -2.21. The third-order valence-electron chi connectivity index (χ3n) is 2.63. The third-order valence-corrected chi connectivity index (χ3v) is 2.63. The Morgan fingerprint density at radius 1 is 1.26 bits per heavy atom. The minimum Gasteiger partial charge on any atom is -0.393 e. The first-order valence-electron chi connectivity index (χ1n) is 6.53. The number of nitrogens with one attached hydrogen (secondary N) is 2. The Bertz CT molecular complexity index is 414. The monoisotopic (exact) mass is 267 g/mol. The number of hydrazine groups is 1. The number of nitrogen functional groups attached to an aromatic ring is 1. The summed E-state index contributed by atoms with van der Waals surface area (Å²) in [5.41, 5.74) is 2.40. The molecule has 0 saturated carbocycles. The minimum absolute atomic E-state index is 0.119. The van der Waals surface area contributed by atoms with Gasteiger partial charge in [-0.25, -0.2) is 15.8 Å². The fraction of sp³-hybridized carbons (Fsp3) is 0.692. The highest BCUT2D eigenvalue weighted by Gasteiger charge is 2.19. The molecule has 108 valence electrons. The molecule has 1 heterocycles. The lowest BCUT2D eigenvalue weighted by atomic mass is 9.96. The highest BCUT2D eigenvalue weighted by Crippen LogP contribution is 2.22. The highest BCUT2D eigenvalue weighted by atomic mass is 16.3. The molecule has 0 bridgehead atoms. The lowest BCUT2D eigenvalue weighted by molar-refractivity contribution is 0.179. The average Bonchev–Trinajstić information content (AvgIpc) is 2.25. The van der Waals surface area contributed by atoms with E-state index >= 15 is 0 Å². The van der Waals surface area contributed by atoms with Crippen LogP contribution in [0, 0.1) is 0 Å². The number of nitrogens with two attached hydrogens (primary N) is 1. The molecule has 1 aromatic rings. The van der Waals surface area contributed by atoms with Crippen molar-refractivity contribution in [3.05, 3.63) is 11.9 Å². The number of hydrogen-bond acceptors (Lipinski definition) is 6. The Labute approximate surface area is 114 Å². The molecule has 0 aliphatic carbocycles. The topological polar surface area (TPSA) is 96.1 Å². The van der Waals surface area contributed by atoms with Gasteiger partial charge >= 0.3 is 0 Å². The predicted octanol–water partition coefficient (Wildman–Crippen LogP) is 1.63. The van der Waals surface area contributed by atoms with Gasteiger partial charge in [0.1, 0.15) is 17.5 Å². The third kappa shape index (κ3) is 5.00. The molecule has 19 heavy (non-hydrogen) atoms. The Kier molecular flexibility index (Phi) is 5.08. The van der Waals surface area contributed by atoms with Gasteiger partial charge in [0.15, 0.2) is 0 Å². The van der Waals surface area contributed by atoms with Gasteiger partial charge < -0.3 is 15.8 Å². The van der Waals surface area contributed by atoms with Crippen LogP contribution in [-0.2, 0) is 5.41 Å². The summed E-state index contributed by atoms with van der Waals surface area (Å²) in [5.74, 6) is 7.44. The predicted molar refractivity (Wildman–Crippen MR) is 77.9 cm³/mol. The van der Waals surface area contributed by atoms with E-state index < -0.39 is 0 Å². The van der Waals surface area contributed by atoms with E-state index in [1.165, 1.54) is 0 Å². The molecular weight excluding hydrogens is 242 g/mol. The second kappa shape index (κ2) is 6.16. The summed E-state index contributed by atoms with van der Waals surface area (Å²) in [6.45, 7) is 9.91. The van der Waals surface area contributed by atoms with E-state index in [0.717, 1.165) is 5.82 Å². The quantitative estimate of drug-likeness (QED) is 0.478. The van der Waals surface area contributed by atoms with Crippen molar-refractivity contribution >= 4 is 11.6 Å². The minimum atomic E-state index is -0.349. The van der Waals surface area contributed by atoms with E-state index in [0.29, 0.717) is 18.1 Å². The number of nitrogens with zero attached hydrogens (tertiary/aromatic N) is 2. The van der Waals surface area contributed by atoms with Crippen LogP contribution in [-0.4, -0.2) is 27.2 Å². The van der Waals surface area contributed by atoms with Crippen molar-refractivity contribution in [2.24, 2.45) is 5.84 Å². The molecule has 1 rings (SSSR count). The summed E-state index contributed by atoms with van der Waals surface area (Å²) in [6.07, 6.45) is 0.304. The van der Waals surface area contributed by atoms with Gasteiger partial charge in [0.25, 0.3) is 0 Å². The Morgan fingerprint density at radius 3 is 2.32 bits per heavy atom. The van der Waals surface area contributed by atoms with Crippen molar-refractivity contribution in [3.63, 3.8) is 0 Å². The zero-order valence-corrected chi connectivity index (χ0v) is 12.4. The van der Waals surface area contributed by atoms with Crippen molar-refractivity contribution in [1.29, 1.82) is 0 Å². The summed E-state index contributed by atoms with van der Waals surface area (Å²) >= 11 is 0. The van der Waals surface area contributed by atoms with Crippen LogP contribution in [0.15, 0.2) is 6.07 Å². The number of rotatable bonds is 5. The van der Waals surface area contributed by atoms with E-state index in [4.69, 9.17) is 5.84 Å². The number of aromatic nitrogens is 2. The molecule has 0 radical (unpaired) electrons. The van der Waals surface area contributed by atoms with E-state index in [9.17, 15) is 5.11 Å². The maximum absolute atomic E-state index is 9.38. The average molecular weight is 267 g/mol. The number of anilines is 2. The van der Waals surface area contributed by atoms with Crippen LogP contribution in [0.5, 0.6) is 0 Å². The first kappa shape index (κ1) is 15.7. The van der Waals surface area contributed by atoms with Gasteiger partial charge in [-0.15, -0.1) is 0 Å². The fourth-order valence-corrected chi connectivity index (χ4v) is 1.75. The van der Waals surface area contributed by atoms with Crippen LogP contribution >= 0.6 is 0 Å². The maximum Gasteiger partial charge on any atom is 0.145 e. The van der Waals surface area contributed by atoms with Gasteiger partial charge in [-0.2, -0.15) is 0 Å². The highest BCUT2D eigenvalue weighted by molar-refractivity contribution is 5.48. The molecule has 0 aliphatic heterocycles. The summed E-state index contributed by atoms with van der Waals surface area (Å²) in [5, 5.41) is 12.6. The summed E-state index contributed by atoms with van der Waals surface area (Å²) < 4.78 is 0. The summed E-state index contributed by atoms with van der Waals surface area (Å²) in [4.78, 5) is 8.86. The van der Waals surface area contributed by atoms with Gasteiger partial charge in [0.05, 0.1) is 6.10 Å². The molecule has 0 spiro atoms. The molecule has 0 amide bonds. The van der Waals surface area contributed by atoms with Gasteiger partial charge in [-0.05, 0) is 20.3 Å². The number of aliphatic hydroxyl groups excluding tert-OH is 1. The van der Waals surface area contributed by atoms with Crippen LogP contribution in [0.2, 0.25) is 0 Å². The second-order valence-corrected chi connectivity index (χ2v) is 5.99. The molecule has 5 N–H and O–H groups in total. The molecule has 0 saturated heterocycles. The lowest BCUT2D eigenvalue weighted by Crippen LogP contribution is -2.24. The zero-order chi connectivity index (χ0) is 14.6. The molecule has 1 aromatic heterocycles. The van der Waals surface area contributed by atoms with Gasteiger partial charge in [0, 0.05) is 17.5 Å². The zero-order valence-electron chi connectivity index (χ0n) is 12.4. The number of hydrogen-bond donors (Lipinski definition) is 4. The van der Waals surface area contributed by atoms with Crippen molar-refractivity contribution in [1.82, 2.24) is 9.97 Å². The largest absolute Gasteiger partial charge is 0.393 e. The Hall–Kier alpha value is -1.40. The summed E-state index contributed by atoms with van der Waals surface area (Å²) in [6, 6.07) is 1.88. The van der Waals surface area contributed by atoms with E-state index in [2.05, 4.69) is 20.7 Å². The van der Waals surface area contributed by atoms with Gasteiger partial charge in [-0.3, -0.25) is 0 Å². The maximum atomic E-state index is 9.38. The molecule has 2 unspecified atom stereocenters. The van der Waals surface area contributed by atoms with Crippen LogP contribution in [0.25, 0.3) is 0 Å². The smallest absolute Gasteiger partial charge is 0.145 e. The van der Waals surface area contributed by atoms with Crippen LogP contribution in [0.4, 0.5) is 11.6 Å². The standard InChI is InChI=1S/C13H25N5O/c1-8(6-9(2)19)15-10-7-11(18-14)17-12(16-10)13(3,4)5/h7-9,19H,6,14H2,1-5H3,(H2,15,16,17,18). The van der Waals surface area contributed by atoms with Gasteiger partial charge in [-0.1, -0.05) is 20.8 Å². The first-order valence-corrected chi connectivity index (χ1v) is 6.53. The van der Waals surface area contributed by atoms with Crippen LogP contribution in [0.1, 0.15) is 46.9 Å². The van der Waals surface area contributed by atoms with Gasteiger partial charge in [0.2, 0.25) is 0 Å². The fourth-order valence-electron chi connectivity index (χ4n) is 1.75. The second-order valence-electron chi connectivity index (χ2n) is 5.99. The molecule has 6 heteroatoms. The molecule has 0 fully saturated rings. The molecule has 2 atom stereocenters. The molecule has 0 aliphatic rings. The van der Waals surface area contributed by atoms with Crippen LogP contribution in [0.3, 0.4) is 0 Å². The normalized spacial score (nSPS) is 14.9. The molecule has 6 nitrogen and oxygen atoms in total. The van der Waals surface area contributed by atoms with E-state index in [-0.39, 0.29) is 17.6 Å². The van der Waals surface area contributed by atoms with E-state index in [1.54, 1.807) is 13.0 Å². The van der Waals surface area contributed by atoms with Crippen molar-refractivity contribution < 1.29 is 5.11 Å². The van der Waals surface area contributed by atoms with Crippen molar-refractivity contribution in [2.75, 3.05) is 10.7 Å². The van der Waals surface area contributed by atoms with E-state index in [1.807, 2.05) is 27.7 Å². The molecular formula is C13H25N5O. The summed E-state index contributed by atoms with van der Waals surface area (Å²) in [7, 11) is 0.